The normalized spacial score (nSPS) is 14.5. The van der Waals surface area contributed by atoms with Crippen molar-refractivity contribution in [1.29, 1.82) is 0 Å². The molecule has 1 heterocycles. The summed E-state index contributed by atoms with van der Waals surface area (Å²) >= 11 is 0. The van der Waals surface area contributed by atoms with Gasteiger partial charge in [-0.2, -0.15) is 0 Å². The topological polar surface area (TPSA) is 108 Å². The largest absolute Gasteiger partial charge is 0.497 e. The molecular weight excluding hydrogens is 462 g/mol. The van der Waals surface area contributed by atoms with Crippen molar-refractivity contribution in [2.24, 2.45) is 0 Å². The van der Waals surface area contributed by atoms with E-state index in [0.717, 1.165) is 31.2 Å². The summed E-state index contributed by atoms with van der Waals surface area (Å²) in [7, 11) is 4.66. The first-order valence-electron chi connectivity index (χ1n) is 12.1. The minimum atomic E-state index is -0.951. The molecule has 1 fully saturated rings. The highest BCUT2D eigenvalue weighted by molar-refractivity contribution is 5.90. The van der Waals surface area contributed by atoms with Crippen molar-refractivity contribution in [2.75, 3.05) is 34.5 Å². The zero-order valence-electron chi connectivity index (χ0n) is 21.0. The Kier molecular flexibility index (Phi) is 8.37. The fraction of sp³-hybridized carbons (Fsp3) is 0.462. The summed E-state index contributed by atoms with van der Waals surface area (Å²) in [6.07, 6.45) is 3.99. The van der Waals surface area contributed by atoms with Gasteiger partial charge in [-0.25, -0.2) is 4.68 Å². The molecule has 36 heavy (non-hydrogen) atoms. The Morgan fingerprint density at radius 2 is 1.89 bits per heavy atom. The van der Waals surface area contributed by atoms with E-state index in [9.17, 15) is 9.59 Å². The Hall–Kier alpha value is -3.66. The summed E-state index contributed by atoms with van der Waals surface area (Å²) in [5.74, 6) is 0.496. The molecule has 0 spiro atoms. The minimum absolute atomic E-state index is 0.0789. The quantitative estimate of drug-likeness (QED) is 0.436. The van der Waals surface area contributed by atoms with Gasteiger partial charge in [0, 0.05) is 25.3 Å². The molecule has 0 aliphatic heterocycles. The number of aromatic nitrogens is 3. The SMILES string of the molecule is COCCN(C(=O)Cn1nnc2ccccc21)[C@H](C(=O)NC1CCCC1)c1cc(OC)ccc1OC. The second kappa shape index (κ2) is 11.9. The average Bonchev–Trinajstić information content (AvgIpc) is 3.56. The first kappa shape index (κ1) is 25.4. The van der Waals surface area contributed by atoms with E-state index in [-0.39, 0.29) is 37.6 Å². The molecule has 0 saturated heterocycles. The Bertz CT molecular complexity index is 1190. The number of amides is 2. The van der Waals surface area contributed by atoms with Crippen molar-refractivity contribution in [2.45, 2.75) is 44.3 Å². The van der Waals surface area contributed by atoms with Crippen molar-refractivity contribution in [3.8, 4) is 11.5 Å². The maximum atomic E-state index is 13.8. The predicted octanol–water partition coefficient (Wildman–Crippen LogP) is 2.72. The number of nitrogens with zero attached hydrogens (tertiary/aromatic N) is 4. The predicted molar refractivity (Wildman–Crippen MR) is 134 cm³/mol. The molecule has 1 aromatic heterocycles. The molecule has 0 bridgehead atoms. The molecule has 192 valence electrons. The number of ether oxygens (including phenoxy) is 3. The molecule has 2 aromatic carbocycles. The van der Waals surface area contributed by atoms with Gasteiger partial charge in [0.25, 0.3) is 0 Å². The molecule has 2 amide bonds. The minimum Gasteiger partial charge on any atom is -0.497 e. The number of para-hydroxylation sites is 1. The number of nitrogens with one attached hydrogen (secondary N) is 1. The lowest BCUT2D eigenvalue weighted by Crippen LogP contribution is -2.48. The summed E-state index contributed by atoms with van der Waals surface area (Å²) in [6, 6.07) is 11.8. The molecule has 0 radical (unpaired) electrons. The third kappa shape index (κ3) is 5.59. The lowest BCUT2D eigenvalue weighted by atomic mass is 10.0. The van der Waals surface area contributed by atoms with Crippen LogP contribution in [-0.2, 0) is 20.9 Å². The summed E-state index contributed by atoms with van der Waals surface area (Å²) in [6.45, 7) is 0.373. The number of hydrogen-bond donors (Lipinski definition) is 1. The van der Waals surface area contributed by atoms with Gasteiger partial charge in [-0.1, -0.05) is 30.2 Å². The maximum absolute atomic E-state index is 13.8. The van der Waals surface area contributed by atoms with E-state index in [1.807, 2.05) is 24.3 Å². The number of fused-ring (bicyclic) bond motifs is 1. The zero-order chi connectivity index (χ0) is 25.5. The Morgan fingerprint density at radius 3 is 2.61 bits per heavy atom. The van der Waals surface area contributed by atoms with Crippen LogP contribution in [0.4, 0.5) is 0 Å². The maximum Gasteiger partial charge on any atom is 0.247 e. The molecule has 0 unspecified atom stereocenters. The van der Waals surface area contributed by atoms with Crippen LogP contribution in [0.15, 0.2) is 42.5 Å². The molecule has 1 aliphatic carbocycles. The highest BCUT2D eigenvalue weighted by Crippen LogP contribution is 2.34. The summed E-state index contributed by atoms with van der Waals surface area (Å²) < 4.78 is 17.9. The highest BCUT2D eigenvalue weighted by atomic mass is 16.5. The molecule has 1 saturated carbocycles. The zero-order valence-corrected chi connectivity index (χ0v) is 21.0. The Labute approximate surface area is 210 Å². The number of carbonyl (C=O) groups is 2. The smallest absolute Gasteiger partial charge is 0.247 e. The van der Waals surface area contributed by atoms with Crippen molar-refractivity contribution < 1.29 is 23.8 Å². The summed E-state index contributed by atoms with van der Waals surface area (Å²) in [4.78, 5) is 29.1. The van der Waals surface area contributed by atoms with E-state index < -0.39 is 6.04 Å². The second-order valence-corrected chi connectivity index (χ2v) is 8.82. The number of benzene rings is 2. The van der Waals surface area contributed by atoms with Crippen molar-refractivity contribution in [3.63, 3.8) is 0 Å². The third-order valence-electron chi connectivity index (χ3n) is 6.55. The van der Waals surface area contributed by atoms with Gasteiger partial charge in [-0.15, -0.1) is 5.10 Å². The lowest BCUT2D eigenvalue weighted by Gasteiger charge is -2.33. The van der Waals surface area contributed by atoms with Gasteiger partial charge in [0.1, 0.15) is 29.6 Å². The number of hydrogen-bond acceptors (Lipinski definition) is 7. The van der Waals surface area contributed by atoms with Gasteiger partial charge < -0.3 is 24.4 Å². The van der Waals surface area contributed by atoms with Crippen LogP contribution in [0.5, 0.6) is 11.5 Å². The first-order valence-corrected chi connectivity index (χ1v) is 12.1. The van der Waals surface area contributed by atoms with Gasteiger partial charge in [-0.3, -0.25) is 9.59 Å². The van der Waals surface area contributed by atoms with Crippen LogP contribution in [0.25, 0.3) is 11.0 Å². The standard InChI is InChI=1S/C26H33N5O5/c1-34-15-14-30(24(32)17-31-22-11-7-6-10-21(22)28-29-31)25(26(33)27-18-8-4-5-9-18)20-16-19(35-2)12-13-23(20)36-3/h6-7,10-13,16,18,25H,4-5,8-9,14-15,17H2,1-3H3,(H,27,33)/t25-/m0/s1. The average molecular weight is 496 g/mol. The Morgan fingerprint density at radius 1 is 1.11 bits per heavy atom. The van der Waals surface area contributed by atoms with E-state index in [2.05, 4.69) is 15.6 Å². The van der Waals surface area contributed by atoms with Crippen LogP contribution in [0.2, 0.25) is 0 Å². The lowest BCUT2D eigenvalue weighted by molar-refractivity contribution is -0.142. The molecular formula is C26H33N5O5. The van der Waals surface area contributed by atoms with E-state index in [0.29, 0.717) is 22.6 Å². The fourth-order valence-electron chi connectivity index (χ4n) is 4.69. The molecule has 1 atom stereocenters. The van der Waals surface area contributed by atoms with Gasteiger partial charge in [-0.05, 0) is 43.2 Å². The molecule has 1 aliphatic rings. The molecule has 4 rings (SSSR count). The number of carbonyl (C=O) groups excluding carboxylic acids is 2. The summed E-state index contributed by atoms with van der Waals surface area (Å²) in [5.41, 5.74) is 1.97. The van der Waals surface area contributed by atoms with Crippen LogP contribution in [0, 0.1) is 0 Å². The van der Waals surface area contributed by atoms with Gasteiger partial charge in [0.15, 0.2) is 0 Å². The molecule has 10 heteroatoms. The molecule has 3 aromatic rings. The monoisotopic (exact) mass is 495 g/mol. The third-order valence-corrected chi connectivity index (χ3v) is 6.55. The van der Waals surface area contributed by atoms with Crippen molar-refractivity contribution >= 4 is 22.8 Å². The first-order chi connectivity index (χ1) is 17.5. The number of rotatable bonds is 11. The van der Waals surface area contributed by atoms with Crippen LogP contribution >= 0.6 is 0 Å². The Balaban J connectivity index is 1.73. The van der Waals surface area contributed by atoms with Crippen molar-refractivity contribution in [1.82, 2.24) is 25.2 Å². The van der Waals surface area contributed by atoms with Crippen LogP contribution in [0.1, 0.15) is 37.3 Å². The van der Waals surface area contributed by atoms with Crippen LogP contribution in [0.3, 0.4) is 0 Å². The van der Waals surface area contributed by atoms with E-state index >= 15 is 0 Å². The van der Waals surface area contributed by atoms with Gasteiger partial charge >= 0.3 is 0 Å². The molecule has 1 N–H and O–H groups in total. The van der Waals surface area contributed by atoms with Crippen LogP contribution in [-0.4, -0.2) is 72.2 Å². The van der Waals surface area contributed by atoms with E-state index in [1.165, 1.54) is 4.90 Å². The van der Waals surface area contributed by atoms with E-state index in [1.54, 1.807) is 44.2 Å². The van der Waals surface area contributed by atoms with Crippen molar-refractivity contribution in [3.05, 3.63) is 48.0 Å². The van der Waals surface area contributed by atoms with Gasteiger partial charge in [0.2, 0.25) is 11.8 Å². The van der Waals surface area contributed by atoms with Crippen LogP contribution < -0.4 is 14.8 Å². The second-order valence-electron chi connectivity index (χ2n) is 8.82. The summed E-state index contributed by atoms with van der Waals surface area (Å²) in [5, 5.41) is 11.5. The molecule has 10 nitrogen and oxygen atoms in total. The number of methoxy groups -OCH3 is 3. The van der Waals surface area contributed by atoms with Gasteiger partial charge in [0.05, 0.1) is 26.3 Å². The highest BCUT2D eigenvalue weighted by Gasteiger charge is 2.35. The fourth-order valence-corrected chi connectivity index (χ4v) is 4.69. The van der Waals surface area contributed by atoms with E-state index in [4.69, 9.17) is 14.2 Å².